The molecule has 0 amide bonds. The summed E-state index contributed by atoms with van der Waals surface area (Å²) in [6.45, 7) is 6.35. The van der Waals surface area contributed by atoms with Gasteiger partial charge in [-0.15, -0.1) is 0 Å². The fourth-order valence-corrected chi connectivity index (χ4v) is 5.69. The minimum atomic E-state index is -0.805. The van der Waals surface area contributed by atoms with Crippen molar-refractivity contribution in [1.82, 2.24) is 0 Å². The topological polar surface area (TPSA) is 93.1 Å². The maximum atomic E-state index is 12.2. The maximum absolute atomic E-state index is 12.2. The van der Waals surface area contributed by atoms with Gasteiger partial charge in [0.25, 0.3) is 0 Å². The summed E-state index contributed by atoms with van der Waals surface area (Å²) in [6, 6.07) is 0. The molecule has 0 saturated carbocycles. The number of ether oxygens (including phenoxy) is 2. The molecule has 0 aromatic heterocycles. The average molecular weight is 703 g/mol. The molecule has 0 aliphatic heterocycles. The molecule has 0 bridgehead atoms. The molecule has 290 valence electrons. The molecule has 1 unspecified atom stereocenters. The van der Waals surface area contributed by atoms with Crippen molar-refractivity contribution in [2.24, 2.45) is 5.92 Å². The van der Waals surface area contributed by atoms with Gasteiger partial charge in [0.05, 0.1) is 12.7 Å². The fourth-order valence-electron chi connectivity index (χ4n) is 5.69. The zero-order valence-electron chi connectivity index (χ0n) is 32.7. The highest BCUT2D eigenvalue weighted by Gasteiger charge is 2.16. The molecule has 50 heavy (non-hydrogen) atoms. The SMILES string of the molecule is CCCCC[C@@H](O)/C=C/C=C\C/C=C\C/C=C\CCCC(=O)OC[C@H](CO)OC(=O)CCCCCCCCCCCCCCCCC(C)CC. The van der Waals surface area contributed by atoms with Crippen molar-refractivity contribution in [3.63, 3.8) is 0 Å². The van der Waals surface area contributed by atoms with Crippen LogP contribution >= 0.6 is 0 Å². The number of allylic oxidation sites excluding steroid dienone is 7. The largest absolute Gasteiger partial charge is 0.462 e. The Morgan fingerprint density at radius 1 is 0.620 bits per heavy atom. The van der Waals surface area contributed by atoms with Gasteiger partial charge in [-0.05, 0) is 44.4 Å². The average Bonchev–Trinajstić information content (AvgIpc) is 3.11. The summed E-state index contributed by atoms with van der Waals surface area (Å²) in [6.07, 6.45) is 43.5. The van der Waals surface area contributed by atoms with Crippen LogP contribution in [0.3, 0.4) is 0 Å². The second kappa shape index (κ2) is 38.1. The first-order chi connectivity index (χ1) is 24.4. The molecule has 0 fully saturated rings. The highest BCUT2D eigenvalue weighted by atomic mass is 16.6. The minimum Gasteiger partial charge on any atom is -0.462 e. The van der Waals surface area contributed by atoms with Crippen LogP contribution < -0.4 is 0 Å². The lowest BCUT2D eigenvalue weighted by Gasteiger charge is -2.15. The van der Waals surface area contributed by atoms with E-state index in [4.69, 9.17) is 9.47 Å². The minimum absolute atomic E-state index is 0.107. The van der Waals surface area contributed by atoms with Crippen molar-refractivity contribution in [1.29, 1.82) is 0 Å². The lowest BCUT2D eigenvalue weighted by atomic mass is 9.99. The first-order valence-corrected chi connectivity index (χ1v) is 20.7. The molecule has 0 heterocycles. The van der Waals surface area contributed by atoms with E-state index in [0.717, 1.165) is 63.7 Å². The molecule has 2 N–H and O–H groups in total. The van der Waals surface area contributed by atoms with Gasteiger partial charge < -0.3 is 19.7 Å². The molecule has 3 atom stereocenters. The summed E-state index contributed by atoms with van der Waals surface area (Å²) in [4.78, 5) is 24.3. The quantitative estimate of drug-likeness (QED) is 0.0292. The van der Waals surface area contributed by atoms with Crippen molar-refractivity contribution < 1.29 is 29.3 Å². The van der Waals surface area contributed by atoms with Crippen LogP contribution in [0.1, 0.15) is 188 Å². The second-order valence-corrected chi connectivity index (χ2v) is 14.2. The Labute approximate surface area is 308 Å². The van der Waals surface area contributed by atoms with Crippen molar-refractivity contribution in [2.45, 2.75) is 200 Å². The van der Waals surface area contributed by atoms with Crippen LogP contribution in [0.15, 0.2) is 48.6 Å². The molecule has 0 spiro atoms. The fraction of sp³-hybridized carbons (Fsp3) is 0.773. The Morgan fingerprint density at radius 3 is 1.76 bits per heavy atom. The third-order valence-electron chi connectivity index (χ3n) is 9.27. The Kier molecular flexibility index (Phi) is 36.4. The van der Waals surface area contributed by atoms with Gasteiger partial charge in [0, 0.05) is 12.8 Å². The van der Waals surface area contributed by atoms with Crippen molar-refractivity contribution in [3.8, 4) is 0 Å². The van der Waals surface area contributed by atoms with E-state index in [1.807, 2.05) is 18.2 Å². The number of rotatable bonds is 36. The van der Waals surface area contributed by atoms with Crippen LogP contribution in [0.4, 0.5) is 0 Å². The lowest BCUT2D eigenvalue weighted by Crippen LogP contribution is -2.28. The lowest BCUT2D eigenvalue weighted by molar-refractivity contribution is -0.161. The van der Waals surface area contributed by atoms with Crippen LogP contribution in [0, 0.1) is 5.92 Å². The van der Waals surface area contributed by atoms with Crippen LogP contribution in [0.25, 0.3) is 0 Å². The summed E-state index contributed by atoms with van der Waals surface area (Å²) >= 11 is 0. The molecule has 0 rings (SSSR count). The van der Waals surface area contributed by atoms with Gasteiger partial charge in [-0.3, -0.25) is 9.59 Å². The van der Waals surface area contributed by atoms with Crippen LogP contribution in [-0.4, -0.2) is 47.6 Å². The van der Waals surface area contributed by atoms with Gasteiger partial charge in [-0.2, -0.15) is 0 Å². The molecule has 0 radical (unpaired) electrons. The Hall–Kier alpha value is -2.18. The van der Waals surface area contributed by atoms with Crippen molar-refractivity contribution in [3.05, 3.63) is 48.6 Å². The normalized spacial score (nSPS) is 13.9. The monoisotopic (exact) mass is 703 g/mol. The number of carbonyl (C=O) groups excluding carboxylic acids is 2. The number of carbonyl (C=O) groups is 2. The van der Waals surface area contributed by atoms with Crippen LogP contribution in [0.5, 0.6) is 0 Å². The second-order valence-electron chi connectivity index (χ2n) is 14.2. The van der Waals surface area contributed by atoms with Crippen molar-refractivity contribution in [2.75, 3.05) is 13.2 Å². The predicted octanol–water partition coefficient (Wildman–Crippen LogP) is 11.8. The molecule has 6 heteroatoms. The van der Waals surface area contributed by atoms with E-state index in [-0.39, 0.29) is 37.7 Å². The summed E-state index contributed by atoms with van der Waals surface area (Å²) < 4.78 is 10.6. The molecule has 0 saturated heterocycles. The van der Waals surface area contributed by atoms with E-state index >= 15 is 0 Å². The van der Waals surface area contributed by atoms with E-state index in [2.05, 4.69) is 51.2 Å². The van der Waals surface area contributed by atoms with Gasteiger partial charge in [0.1, 0.15) is 6.61 Å². The first kappa shape index (κ1) is 47.8. The van der Waals surface area contributed by atoms with Gasteiger partial charge in [0.15, 0.2) is 6.10 Å². The van der Waals surface area contributed by atoms with E-state index in [1.165, 1.54) is 89.9 Å². The number of hydrogen-bond acceptors (Lipinski definition) is 6. The summed E-state index contributed by atoms with van der Waals surface area (Å²) in [5, 5.41) is 19.4. The Bertz CT molecular complexity index is 876. The van der Waals surface area contributed by atoms with E-state index < -0.39 is 6.10 Å². The van der Waals surface area contributed by atoms with Gasteiger partial charge in [-0.25, -0.2) is 0 Å². The number of esters is 2. The van der Waals surface area contributed by atoms with Crippen LogP contribution in [-0.2, 0) is 19.1 Å². The molecular formula is C44H78O6. The molecule has 0 aromatic carbocycles. The Morgan fingerprint density at radius 2 is 1.16 bits per heavy atom. The van der Waals surface area contributed by atoms with Crippen LogP contribution in [0.2, 0.25) is 0 Å². The third kappa shape index (κ3) is 35.6. The number of hydrogen-bond donors (Lipinski definition) is 2. The molecule has 0 aliphatic carbocycles. The molecule has 6 nitrogen and oxygen atoms in total. The maximum Gasteiger partial charge on any atom is 0.306 e. The smallest absolute Gasteiger partial charge is 0.306 e. The third-order valence-corrected chi connectivity index (χ3v) is 9.27. The Balaban J connectivity index is 3.68. The molecule has 0 aromatic rings. The van der Waals surface area contributed by atoms with E-state index in [1.54, 1.807) is 0 Å². The predicted molar refractivity (Wildman–Crippen MR) is 211 cm³/mol. The summed E-state index contributed by atoms with van der Waals surface area (Å²) in [5.41, 5.74) is 0. The molecule has 0 aliphatic rings. The van der Waals surface area contributed by atoms with Gasteiger partial charge >= 0.3 is 11.9 Å². The van der Waals surface area contributed by atoms with E-state index in [0.29, 0.717) is 12.8 Å². The zero-order chi connectivity index (χ0) is 36.8. The highest BCUT2D eigenvalue weighted by molar-refractivity contribution is 5.70. The van der Waals surface area contributed by atoms with Gasteiger partial charge in [0.2, 0.25) is 0 Å². The van der Waals surface area contributed by atoms with E-state index in [9.17, 15) is 19.8 Å². The van der Waals surface area contributed by atoms with Crippen molar-refractivity contribution >= 4 is 11.9 Å². The number of aliphatic hydroxyl groups excluding tert-OH is 2. The van der Waals surface area contributed by atoms with Gasteiger partial charge in [-0.1, -0.05) is 185 Å². The number of aliphatic hydroxyl groups is 2. The highest BCUT2D eigenvalue weighted by Crippen LogP contribution is 2.16. The standard InChI is InChI=1S/C44H78O6/c1-4-6-28-34-41(46)35-30-25-21-17-13-11-15-18-22-26-31-36-43(47)49-39-42(38-45)50-44(48)37-32-27-23-19-14-10-8-7-9-12-16-20-24-29-33-40(3)5-2/h11,13,18,21-22,25,30,35,40-42,45-46H,4-10,12,14-17,19-20,23-24,26-29,31-34,36-39H2,1-3H3/b13-11-,22-18-,25-21-,35-30+/t40?,41-,42+/m1/s1. The summed E-state index contributed by atoms with van der Waals surface area (Å²) in [5.74, 6) is 0.214. The first-order valence-electron chi connectivity index (χ1n) is 20.7. The number of unbranched alkanes of at least 4 members (excludes halogenated alkanes) is 16. The molecular weight excluding hydrogens is 624 g/mol. The summed E-state index contributed by atoms with van der Waals surface area (Å²) in [7, 11) is 0. The zero-order valence-corrected chi connectivity index (χ0v) is 32.7.